The number of aliphatic imine (C=N–C) groups is 1. The minimum Gasteiger partial charge on any atom is -0.493 e. The molecule has 164 valence electrons. The Labute approximate surface area is 184 Å². The van der Waals surface area contributed by atoms with Crippen molar-refractivity contribution >= 4 is 5.96 Å². The van der Waals surface area contributed by atoms with E-state index in [1.807, 2.05) is 42.2 Å². The third-order valence-corrected chi connectivity index (χ3v) is 4.91. The summed E-state index contributed by atoms with van der Waals surface area (Å²) >= 11 is 0. The number of aryl methyl sites for hydroxylation is 1. The lowest BCUT2D eigenvalue weighted by Gasteiger charge is -2.15. The molecule has 0 saturated heterocycles. The number of nitrogens with zero attached hydrogens (tertiary/aromatic N) is 3. The van der Waals surface area contributed by atoms with Crippen molar-refractivity contribution in [2.24, 2.45) is 4.99 Å². The van der Waals surface area contributed by atoms with Gasteiger partial charge in [-0.2, -0.15) is 0 Å². The summed E-state index contributed by atoms with van der Waals surface area (Å²) < 4.78 is 13.0. The van der Waals surface area contributed by atoms with Gasteiger partial charge in [0.05, 0.1) is 25.7 Å². The van der Waals surface area contributed by atoms with Crippen LogP contribution in [0.15, 0.2) is 66.2 Å². The summed E-state index contributed by atoms with van der Waals surface area (Å²) in [4.78, 5) is 8.48. The van der Waals surface area contributed by atoms with Crippen molar-refractivity contribution in [1.82, 2.24) is 20.2 Å². The van der Waals surface area contributed by atoms with E-state index in [0.29, 0.717) is 13.2 Å². The number of hydrogen-bond acceptors (Lipinski definition) is 4. The number of para-hydroxylation sites is 1. The molecule has 0 radical (unpaired) electrons. The lowest BCUT2D eigenvalue weighted by molar-refractivity contribution is 0.310. The molecule has 31 heavy (non-hydrogen) atoms. The van der Waals surface area contributed by atoms with Gasteiger partial charge in [0.1, 0.15) is 0 Å². The molecule has 1 aromatic heterocycles. The number of hydrogen-bond donors (Lipinski definition) is 2. The first kappa shape index (κ1) is 22.2. The Morgan fingerprint density at radius 3 is 2.74 bits per heavy atom. The molecule has 2 aromatic carbocycles. The predicted molar refractivity (Wildman–Crippen MR) is 124 cm³/mol. The van der Waals surface area contributed by atoms with Crippen LogP contribution in [0, 0.1) is 0 Å². The van der Waals surface area contributed by atoms with E-state index in [1.165, 1.54) is 11.1 Å². The van der Waals surface area contributed by atoms with Gasteiger partial charge in [0.15, 0.2) is 17.5 Å². The minimum absolute atomic E-state index is 0.618. The monoisotopic (exact) mass is 421 g/mol. The second kappa shape index (κ2) is 11.6. The summed E-state index contributed by atoms with van der Waals surface area (Å²) in [6, 6.07) is 14.4. The van der Waals surface area contributed by atoms with Gasteiger partial charge in [-0.3, -0.25) is 4.99 Å². The van der Waals surface area contributed by atoms with Crippen molar-refractivity contribution in [1.29, 1.82) is 0 Å². The van der Waals surface area contributed by atoms with Crippen LogP contribution in [0.4, 0.5) is 0 Å². The number of guanidine groups is 1. The lowest BCUT2D eigenvalue weighted by Crippen LogP contribution is -2.37. The van der Waals surface area contributed by atoms with Crippen molar-refractivity contribution in [2.75, 3.05) is 27.3 Å². The molecule has 0 aliphatic heterocycles. The molecule has 0 saturated carbocycles. The standard InChI is InChI=1S/C24H31N5O2/c1-4-31-23-16-19(11-12-22(23)30-3)8-7-13-27-24(25-2)28-17-20-9-5-6-10-21(20)29-15-14-26-18-29/h5-6,9-12,14-16,18H,4,7-8,13,17H2,1-3H3,(H2,25,27,28). The van der Waals surface area contributed by atoms with Crippen LogP contribution in [0.2, 0.25) is 0 Å². The summed E-state index contributed by atoms with van der Waals surface area (Å²) in [6.07, 6.45) is 7.46. The number of ether oxygens (including phenoxy) is 2. The van der Waals surface area contributed by atoms with E-state index in [4.69, 9.17) is 9.47 Å². The lowest BCUT2D eigenvalue weighted by atomic mass is 10.1. The van der Waals surface area contributed by atoms with Gasteiger partial charge in [0, 0.05) is 32.5 Å². The van der Waals surface area contributed by atoms with Gasteiger partial charge in [-0.15, -0.1) is 0 Å². The second-order valence-electron chi connectivity index (χ2n) is 6.97. The number of imidazole rings is 1. The van der Waals surface area contributed by atoms with Crippen LogP contribution in [0.3, 0.4) is 0 Å². The fourth-order valence-corrected chi connectivity index (χ4v) is 3.36. The van der Waals surface area contributed by atoms with Gasteiger partial charge in [0.25, 0.3) is 0 Å². The maximum Gasteiger partial charge on any atom is 0.191 e. The Morgan fingerprint density at radius 1 is 1.13 bits per heavy atom. The first-order chi connectivity index (χ1) is 15.2. The molecule has 0 spiro atoms. The number of benzene rings is 2. The smallest absolute Gasteiger partial charge is 0.191 e. The normalized spacial score (nSPS) is 11.3. The first-order valence-corrected chi connectivity index (χ1v) is 10.6. The van der Waals surface area contributed by atoms with E-state index in [-0.39, 0.29) is 0 Å². The van der Waals surface area contributed by atoms with E-state index in [1.54, 1.807) is 20.4 Å². The second-order valence-corrected chi connectivity index (χ2v) is 6.97. The summed E-state index contributed by atoms with van der Waals surface area (Å²) in [5.41, 5.74) is 3.50. The highest BCUT2D eigenvalue weighted by Crippen LogP contribution is 2.28. The minimum atomic E-state index is 0.618. The van der Waals surface area contributed by atoms with E-state index < -0.39 is 0 Å². The van der Waals surface area contributed by atoms with Gasteiger partial charge >= 0.3 is 0 Å². The molecule has 0 aliphatic rings. The van der Waals surface area contributed by atoms with Crippen LogP contribution >= 0.6 is 0 Å². The highest BCUT2D eigenvalue weighted by molar-refractivity contribution is 5.79. The molecule has 7 nitrogen and oxygen atoms in total. The number of nitrogens with one attached hydrogen (secondary N) is 2. The van der Waals surface area contributed by atoms with Crippen molar-refractivity contribution in [2.45, 2.75) is 26.3 Å². The average Bonchev–Trinajstić information content (AvgIpc) is 3.34. The summed E-state index contributed by atoms with van der Waals surface area (Å²) in [5.74, 6) is 2.35. The van der Waals surface area contributed by atoms with Gasteiger partial charge < -0.3 is 24.7 Å². The fourth-order valence-electron chi connectivity index (χ4n) is 3.36. The van der Waals surface area contributed by atoms with Gasteiger partial charge in [0.2, 0.25) is 0 Å². The van der Waals surface area contributed by atoms with Crippen molar-refractivity contribution in [3.8, 4) is 17.2 Å². The molecule has 3 aromatic rings. The van der Waals surface area contributed by atoms with Gasteiger partial charge in [-0.1, -0.05) is 24.3 Å². The van der Waals surface area contributed by atoms with Crippen LogP contribution in [-0.2, 0) is 13.0 Å². The molecular formula is C24H31N5O2. The first-order valence-electron chi connectivity index (χ1n) is 10.6. The van der Waals surface area contributed by atoms with E-state index >= 15 is 0 Å². The quantitative estimate of drug-likeness (QED) is 0.297. The Hall–Kier alpha value is -3.48. The third kappa shape index (κ3) is 6.25. The van der Waals surface area contributed by atoms with Crippen molar-refractivity contribution in [3.05, 3.63) is 72.3 Å². The highest BCUT2D eigenvalue weighted by Gasteiger charge is 2.07. The van der Waals surface area contributed by atoms with Gasteiger partial charge in [-0.25, -0.2) is 4.98 Å². The van der Waals surface area contributed by atoms with Crippen LogP contribution in [0.1, 0.15) is 24.5 Å². The molecule has 0 amide bonds. The largest absolute Gasteiger partial charge is 0.493 e. The molecule has 3 rings (SSSR count). The van der Waals surface area contributed by atoms with Crippen LogP contribution < -0.4 is 20.1 Å². The van der Waals surface area contributed by atoms with Crippen molar-refractivity contribution in [3.63, 3.8) is 0 Å². The Kier molecular flexibility index (Phi) is 8.34. The molecule has 0 fully saturated rings. The zero-order valence-corrected chi connectivity index (χ0v) is 18.5. The molecular weight excluding hydrogens is 390 g/mol. The molecule has 0 atom stereocenters. The summed E-state index contributed by atoms with van der Waals surface area (Å²) in [5, 5.41) is 6.79. The topological polar surface area (TPSA) is 72.7 Å². The number of methoxy groups -OCH3 is 1. The van der Waals surface area contributed by atoms with Crippen LogP contribution in [0.25, 0.3) is 5.69 Å². The van der Waals surface area contributed by atoms with Crippen LogP contribution in [-0.4, -0.2) is 42.8 Å². The average molecular weight is 422 g/mol. The maximum atomic E-state index is 5.67. The zero-order valence-electron chi connectivity index (χ0n) is 18.5. The maximum absolute atomic E-state index is 5.67. The predicted octanol–water partition coefficient (Wildman–Crippen LogP) is 3.58. The SMILES string of the molecule is CCOc1cc(CCCNC(=NC)NCc2ccccc2-n2ccnc2)ccc1OC. The van der Waals surface area contributed by atoms with E-state index in [0.717, 1.165) is 42.5 Å². The molecule has 0 bridgehead atoms. The van der Waals surface area contributed by atoms with Crippen molar-refractivity contribution < 1.29 is 9.47 Å². The third-order valence-electron chi connectivity index (χ3n) is 4.91. The molecule has 7 heteroatoms. The molecule has 0 unspecified atom stereocenters. The Balaban J connectivity index is 1.48. The molecule has 0 aliphatic carbocycles. The van der Waals surface area contributed by atoms with Crippen LogP contribution in [0.5, 0.6) is 11.5 Å². The molecule has 2 N–H and O–H groups in total. The molecule has 1 heterocycles. The highest BCUT2D eigenvalue weighted by atomic mass is 16.5. The fraction of sp³-hybridized carbons (Fsp3) is 0.333. The van der Waals surface area contributed by atoms with E-state index in [9.17, 15) is 0 Å². The Bertz CT molecular complexity index is 970. The van der Waals surface area contributed by atoms with Gasteiger partial charge in [-0.05, 0) is 49.1 Å². The number of rotatable bonds is 10. The summed E-state index contributed by atoms with van der Waals surface area (Å²) in [7, 11) is 3.45. The summed E-state index contributed by atoms with van der Waals surface area (Å²) in [6.45, 7) is 4.08. The Morgan fingerprint density at radius 2 is 2.00 bits per heavy atom. The number of aromatic nitrogens is 2. The zero-order chi connectivity index (χ0) is 21.9. The van der Waals surface area contributed by atoms with E-state index in [2.05, 4.69) is 44.9 Å².